The van der Waals surface area contributed by atoms with Crippen molar-refractivity contribution < 1.29 is 9.59 Å². The predicted molar refractivity (Wildman–Crippen MR) is 95.9 cm³/mol. The van der Waals surface area contributed by atoms with Crippen LogP contribution in [0, 0.1) is 5.92 Å². The van der Waals surface area contributed by atoms with Gasteiger partial charge in [-0.15, -0.1) is 0 Å². The summed E-state index contributed by atoms with van der Waals surface area (Å²) in [7, 11) is 0. The van der Waals surface area contributed by atoms with Gasteiger partial charge in [0.15, 0.2) is 0 Å². The van der Waals surface area contributed by atoms with Crippen LogP contribution in [0.1, 0.15) is 70.4 Å². The molecule has 1 atom stereocenters. The minimum Gasteiger partial charge on any atom is -0.353 e. The maximum atomic E-state index is 12.4. The van der Waals surface area contributed by atoms with Crippen LogP contribution in [0.5, 0.6) is 0 Å². The zero-order chi connectivity index (χ0) is 18.0. The molecule has 0 unspecified atom stereocenters. The summed E-state index contributed by atoms with van der Waals surface area (Å²) >= 11 is 0. The molecule has 6 nitrogen and oxygen atoms in total. The van der Waals surface area contributed by atoms with Crippen molar-refractivity contribution in [3.63, 3.8) is 0 Å². The molecule has 1 fully saturated rings. The second-order valence-electron chi connectivity index (χ2n) is 7.87. The van der Waals surface area contributed by atoms with Crippen LogP contribution < -0.4 is 5.32 Å². The van der Waals surface area contributed by atoms with Crippen LogP contribution >= 0.6 is 0 Å². The molecule has 0 spiro atoms. The molecule has 3 rings (SSSR count). The molecule has 0 radical (unpaired) electrons. The van der Waals surface area contributed by atoms with E-state index in [0.29, 0.717) is 31.3 Å². The van der Waals surface area contributed by atoms with Crippen molar-refractivity contribution in [3.8, 4) is 0 Å². The second kappa shape index (κ2) is 7.58. The van der Waals surface area contributed by atoms with Gasteiger partial charge < -0.3 is 14.8 Å². The number of nitrogens with zero attached hydrogens (tertiary/aromatic N) is 3. The third-order valence-electron chi connectivity index (χ3n) is 5.25. The molecule has 25 heavy (non-hydrogen) atoms. The third kappa shape index (κ3) is 4.22. The van der Waals surface area contributed by atoms with Crippen LogP contribution in [0.3, 0.4) is 0 Å². The maximum absolute atomic E-state index is 12.4. The van der Waals surface area contributed by atoms with Gasteiger partial charge in [-0.1, -0.05) is 26.7 Å². The highest BCUT2D eigenvalue weighted by atomic mass is 16.2. The summed E-state index contributed by atoms with van der Waals surface area (Å²) in [5.74, 6) is 1.50. The molecule has 6 heteroatoms. The summed E-state index contributed by atoms with van der Waals surface area (Å²) in [6, 6.07) is 0.305. The quantitative estimate of drug-likeness (QED) is 0.890. The fraction of sp³-hybridized carbons (Fsp3) is 0.737. The Hall–Kier alpha value is -1.85. The highest BCUT2D eigenvalue weighted by Crippen LogP contribution is 2.26. The standard InChI is InChI=1S/C19H30N4O2/c1-13(2)10-18(25)23-9-8-22-12-16(21-19(22)14(23)3)11-17(24)20-15-6-4-5-7-15/h12-15H,4-11H2,1-3H3,(H,20,24)/t14-/m1/s1. The van der Waals surface area contributed by atoms with Crippen molar-refractivity contribution in [2.24, 2.45) is 5.92 Å². The summed E-state index contributed by atoms with van der Waals surface area (Å²) in [4.78, 5) is 31.3. The van der Waals surface area contributed by atoms with E-state index in [4.69, 9.17) is 0 Å². The Balaban J connectivity index is 1.63. The number of fused-ring (bicyclic) bond motifs is 1. The number of carbonyl (C=O) groups is 2. The Labute approximate surface area is 150 Å². The Morgan fingerprint density at radius 2 is 2.00 bits per heavy atom. The van der Waals surface area contributed by atoms with Crippen LogP contribution in [-0.4, -0.2) is 38.9 Å². The highest BCUT2D eigenvalue weighted by Gasteiger charge is 2.30. The molecule has 1 aromatic rings. The van der Waals surface area contributed by atoms with Crippen molar-refractivity contribution in [1.29, 1.82) is 0 Å². The number of carbonyl (C=O) groups excluding carboxylic acids is 2. The largest absolute Gasteiger partial charge is 0.353 e. The molecular formula is C19H30N4O2. The Kier molecular flexibility index (Phi) is 5.45. The first kappa shape index (κ1) is 18.0. The number of imidazole rings is 1. The van der Waals surface area contributed by atoms with E-state index in [1.807, 2.05) is 18.0 Å². The van der Waals surface area contributed by atoms with Crippen LogP contribution in [-0.2, 0) is 22.6 Å². The van der Waals surface area contributed by atoms with Crippen LogP contribution in [0.4, 0.5) is 0 Å². The molecule has 1 aliphatic carbocycles. The minimum absolute atomic E-state index is 0.0355. The fourth-order valence-corrected chi connectivity index (χ4v) is 3.95. The van der Waals surface area contributed by atoms with E-state index in [9.17, 15) is 9.59 Å². The smallest absolute Gasteiger partial charge is 0.226 e. The highest BCUT2D eigenvalue weighted by molar-refractivity contribution is 5.78. The Bertz CT molecular complexity index is 631. The average Bonchev–Trinajstić information content (AvgIpc) is 3.16. The average molecular weight is 346 g/mol. The number of aromatic nitrogens is 2. The predicted octanol–water partition coefficient (Wildman–Crippen LogP) is 2.43. The van der Waals surface area contributed by atoms with Crippen molar-refractivity contribution >= 4 is 11.8 Å². The lowest BCUT2D eigenvalue weighted by molar-refractivity contribution is -0.135. The van der Waals surface area contributed by atoms with E-state index in [0.717, 1.165) is 30.9 Å². The van der Waals surface area contributed by atoms with Crippen LogP contribution in [0.25, 0.3) is 0 Å². The van der Waals surface area contributed by atoms with Crippen molar-refractivity contribution in [1.82, 2.24) is 19.8 Å². The van der Waals surface area contributed by atoms with Gasteiger partial charge in [0.1, 0.15) is 5.82 Å². The maximum Gasteiger partial charge on any atom is 0.226 e. The monoisotopic (exact) mass is 346 g/mol. The van der Waals surface area contributed by atoms with E-state index < -0.39 is 0 Å². The van der Waals surface area contributed by atoms with Crippen LogP contribution in [0.2, 0.25) is 0 Å². The van der Waals surface area contributed by atoms with Gasteiger partial charge in [-0.2, -0.15) is 0 Å². The van der Waals surface area contributed by atoms with Gasteiger partial charge in [-0.3, -0.25) is 9.59 Å². The van der Waals surface area contributed by atoms with Gasteiger partial charge in [0.2, 0.25) is 11.8 Å². The SMILES string of the molecule is CC(C)CC(=O)N1CCn2cc(CC(=O)NC3CCCC3)nc2[C@H]1C. The Morgan fingerprint density at radius 1 is 1.28 bits per heavy atom. The normalized spacial score (nSPS) is 20.8. The van der Waals surface area contributed by atoms with Gasteiger partial charge in [-0.25, -0.2) is 4.98 Å². The van der Waals surface area contributed by atoms with E-state index in [1.165, 1.54) is 12.8 Å². The van der Waals surface area contributed by atoms with Crippen molar-refractivity contribution in [2.45, 2.75) is 77.9 Å². The molecule has 1 aliphatic heterocycles. The number of rotatable bonds is 5. The number of amides is 2. The van der Waals surface area contributed by atoms with E-state index >= 15 is 0 Å². The van der Waals surface area contributed by atoms with Crippen LogP contribution in [0.15, 0.2) is 6.20 Å². The fourth-order valence-electron chi connectivity index (χ4n) is 3.95. The topological polar surface area (TPSA) is 67.2 Å². The zero-order valence-electron chi connectivity index (χ0n) is 15.6. The molecule has 2 amide bonds. The molecule has 0 saturated heterocycles. The summed E-state index contributed by atoms with van der Waals surface area (Å²) in [6.07, 6.45) is 7.48. The molecule has 0 aromatic carbocycles. The summed E-state index contributed by atoms with van der Waals surface area (Å²) in [5.41, 5.74) is 0.801. The number of hydrogen-bond donors (Lipinski definition) is 1. The first-order valence-electron chi connectivity index (χ1n) is 9.59. The lowest BCUT2D eigenvalue weighted by atomic mass is 10.1. The van der Waals surface area contributed by atoms with E-state index in [1.54, 1.807) is 0 Å². The van der Waals surface area contributed by atoms with Gasteiger partial charge >= 0.3 is 0 Å². The van der Waals surface area contributed by atoms with Crippen molar-refractivity contribution in [2.75, 3.05) is 6.54 Å². The molecule has 1 saturated carbocycles. The first-order valence-corrected chi connectivity index (χ1v) is 9.59. The van der Waals surface area contributed by atoms with Crippen molar-refractivity contribution in [3.05, 3.63) is 17.7 Å². The Morgan fingerprint density at radius 3 is 2.68 bits per heavy atom. The molecule has 1 aromatic heterocycles. The lowest BCUT2D eigenvalue weighted by Gasteiger charge is -2.34. The van der Waals surface area contributed by atoms with E-state index in [2.05, 4.69) is 28.7 Å². The summed E-state index contributed by atoms with van der Waals surface area (Å²) in [5, 5.41) is 3.11. The van der Waals surface area contributed by atoms with Gasteiger partial charge in [-0.05, 0) is 25.7 Å². The summed E-state index contributed by atoms with van der Waals surface area (Å²) < 4.78 is 2.10. The first-order chi connectivity index (χ1) is 11.9. The zero-order valence-corrected chi connectivity index (χ0v) is 15.6. The molecule has 0 bridgehead atoms. The van der Waals surface area contributed by atoms with Gasteiger partial charge in [0.25, 0.3) is 0 Å². The van der Waals surface area contributed by atoms with E-state index in [-0.39, 0.29) is 17.9 Å². The second-order valence-corrected chi connectivity index (χ2v) is 7.87. The lowest BCUT2D eigenvalue weighted by Crippen LogP contribution is -2.41. The number of hydrogen-bond acceptors (Lipinski definition) is 3. The number of nitrogens with one attached hydrogen (secondary N) is 1. The summed E-state index contributed by atoms with van der Waals surface area (Å²) in [6.45, 7) is 7.62. The van der Waals surface area contributed by atoms with Gasteiger partial charge in [0, 0.05) is 31.7 Å². The molecule has 2 heterocycles. The molecular weight excluding hydrogens is 316 g/mol. The minimum atomic E-state index is -0.0355. The molecule has 1 N–H and O–H groups in total. The van der Waals surface area contributed by atoms with Gasteiger partial charge in [0.05, 0.1) is 18.2 Å². The third-order valence-corrected chi connectivity index (χ3v) is 5.25. The molecule has 2 aliphatic rings. The molecule has 138 valence electrons.